The fraction of sp³-hybridized carbons (Fsp3) is 0.500. The molecule has 0 bridgehead atoms. The summed E-state index contributed by atoms with van der Waals surface area (Å²) < 4.78 is 65.7. The number of amides is 1. The van der Waals surface area contributed by atoms with Crippen LogP contribution >= 0.6 is 0 Å². The third-order valence-corrected chi connectivity index (χ3v) is 2.77. The molecule has 0 heterocycles. The van der Waals surface area contributed by atoms with Gasteiger partial charge in [0.15, 0.2) is 0 Å². The lowest BCUT2D eigenvalue weighted by atomic mass is 10.1. The van der Waals surface area contributed by atoms with Crippen molar-refractivity contribution in [1.29, 1.82) is 0 Å². The van der Waals surface area contributed by atoms with Crippen molar-refractivity contribution in [2.24, 2.45) is 0 Å². The average Bonchev–Trinajstić information content (AvgIpc) is 2.41. The number of carbonyl (C=O) groups is 1. The van der Waals surface area contributed by atoms with E-state index in [0.29, 0.717) is 17.7 Å². The first-order valence-electron chi connectivity index (χ1n) is 6.64. The van der Waals surface area contributed by atoms with Gasteiger partial charge in [0, 0.05) is 12.1 Å². The molecule has 0 aromatic heterocycles. The van der Waals surface area contributed by atoms with Gasteiger partial charge in [0.25, 0.3) is 5.91 Å². The summed E-state index contributed by atoms with van der Waals surface area (Å²) in [7, 11) is 0. The van der Waals surface area contributed by atoms with Crippen molar-refractivity contribution in [3.63, 3.8) is 0 Å². The smallest absolute Gasteiger partial charge is 0.406 e. The molecule has 0 spiro atoms. The number of unbranched alkanes of at least 4 members (excludes halogenated alkanes) is 1. The lowest BCUT2D eigenvalue weighted by Crippen LogP contribution is -2.39. The summed E-state index contributed by atoms with van der Waals surface area (Å²) in [5.41, 5.74) is -0.0121. The predicted octanol–water partition coefficient (Wildman–Crippen LogP) is 4.09. The van der Waals surface area contributed by atoms with E-state index in [2.05, 4.69) is 4.74 Å². The molecule has 3 nitrogen and oxygen atoms in total. The number of alkyl halides is 5. The van der Waals surface area contributed by atoms with Gasteiger partial charge in [-0.2, -0.15) is 22.0 Å². The van der Waals surface area contributed by atoms with Gasteiger partial charge >= 0.3 is 12.8 Å². The average molecular weight is 325 g/mol. The fourth-order valence-electron chi connectivity index (χ4n) is 1.78. The van der Waals surface area contributed by atoms with Crippen LogP contribution in [0.2, 0.25) is 0 Å². The third kappa shape index (κ3) is 6.28. The second kappa shape index (κ2) is 7.95. The maximum atomic E-state index is 12.5. The molecule has 0 saturated carbocycles. The van der Waals surface area contributed by atoms with E-state index in [-0.39, 0.29) is 17.9 Å². The van der Waals surface area contributed by atoms with E-state index in [1.165, 1.54) is 0 Å². The Balaban J connectivity index is 2.83. The van der Waals surface area contributed by atoms with Gasteiger partial charge in [-0.15, -0.1) is 0 Å². The molecule has 0 aliphatic heterocycles. The molecule has 0 radical (unpaired) electrons. The molecule has 8 heteroatoms. The Morgan fingerprint density at radius 3 is 2.27 bits per heavy atom. The fourth-order valence-corrected chi connectivity index (χ4v) is 1.78. The number of benzene rings is 1. The van der Waals surface area contributed by atoms with Crippen LogP contribution in [0.3, 0.4) is 0 Å². The first-order valence-corrected chi connectivity index (χ1v) is 6.64. The van der Waals surface area contributed by atoms with Crippen LogP contribution in [-0.4, -0.2) is 36.7 Å². The Kier molecular flexibility index (Phi) is 6.58. The molecular weight excluding hydrogens is 309 g/mol. The number of ether oxygens (including phenoxy) is 1. The van der Waals surface area contributed by atoms with E-state index in [1.807, 2.05) is 0 Å². The minimum absolute atomic E-state index is 0.0121. The Labute approximate surface area is 124 Å². The summed E-state index contributed by atoms with van der Waals surface area (Å²) in [6.07, 6.45) is -3.42. The molecule has 0 N–H and O–H groups in total. The number of rotatable bonds is 7. The summed E-state index contributed by atoms with van der Waals surface area (Å²) in [5.74, 6) is -0.961. The van der Waals surface area contributed by atoms with E-state index in [9.17, 15) is 26.7 Å². The van der Waals surface area contributed by atoms with Crippen LogP contribution in [0.5, 0.6) is 5.75 Å². The van der Waals surface area contributed by atoms with Crippen LogP contribution in [-0.2, 0) is 0 Å². The molecule has 0 saturated heterocycles. The first-order chi connectivity index (χ1) is 10.2. The number of hydrogen-bond donors (Lipinski definition) is 0. The van der Waals surface area contributed by atoms with Crippen LogP contribution in [0, 0.1) is 0 Å². The van der Waals surface area contributed by atoms with E-state index in [0.717, 1.165) is 24.3 Å². The second-order valence-corrected chi connectivity index (χ2v) is 4.60. The van der Waals surface area contributed by atoms with Gasteiger partial charge in [-0.25, -0.2) is 0 Å². The molecule has 0 unspecified atom stereocenters. The maximum absolute atomic E-state index is 12.5. The van der Waals surface area contributed by atoms with Gasteiger partial charge in [-0.1, -0.05) is 13.3 Å². The zero-order valence-corrected chi connectivity index (χ0v) is 11.9. The van der Waals surface area contributed by atoms with Crippen LogP contribution in [0.1, 0.15) is 30.1 Å². The molecule has 22 heavy (non-hydrogen) atoms. The molecule has 0 fully saturated rings. The van der Waals surface area contributed by atoms with Crippen LogP contribution in [0.15, 0.2) is 24.3 Å². The van der Waals surface area contributed by atoms with Crippen molar-refractivity contribution in [2.75, 3.05) is 13.1 Å². The zero-order valence-electron chi connectivity index (χ0n) is 11.9. The highest BCUT2D eigenvalue weighted by Gasteiger charge is 2.33. The van der Waals surface area contributed by atoms with Gasteiger partial charge in [-0.3, -0.25) is 4.79 Å². The summed E-state index contributed by atoms with van der Waals surface area (Å²) in [4.78, 5) is 12.8. The Hall–Kier alpha value is -1.86. The van der Waals surface area contributed by atoms with E-state index in [4.69, 9.17) is 0 Å². The van der Waals surface area contributed by atoms with Crippen LogP contribution in [0.4, 0.5) is 22.0 Å². The SMILES string of the molecule is CCCCN(CC(F)(F)F)C(=O)c1ccc(OC(F)F)cc1. The molecule has 1 aromatic rings. The molecule has 0 aliphatic carbocycles. The van der Waals surface area contributed by atoms with E-state index < -0.39 is 25.2 Å². The van der Waals surface area contributed by atoms with Gasteiger partial charge in [0.1, 0.15) is 12.3 Å². The largest absolute Gasteiger partial charge is 0.435 e. The Morgan fingerprint density at radius 2 is 1.82 bits per heavy atom. The summed E-state index contributed by atoms with van der Waals surface area (Å²) in [6.45, 7) is -2.58. The first kappa shape index (κ1) is 18.2. The number of carbonyl (C=O) groups excluding carboxylic acids is 1. The zero-order chi connectivity index (χ0) is 16.8. The predicted molar refractivity (Wildman–Crippen MR) is 69.9 cm³/mol. The summed E-state index contributed by atoms with van der Waals surface area (Å²) in [5, 5.41) is 0. The lowest BCUT2D eigenvalue weighted by Gasteiger charge is -2.24. The van der Waals surface area contributed by atoms with Crippen molar-refractivity contribution in [3.8, 4) is 5.75 Å². The summed E-state index contributed by atoms with van der Waals surface area (Å²) >= 11 is 0. The normalized spacial score (nSPS) is 11.6. The topological polar surface area (TPSA) is 29.5 Å². The number of nitrogens with zero attached hydrogens (tertiary/aromatic N) is 1. The van der Waals surface area contributed by atoms with Crippen molar-refractivity contribution in [1.82, 2.24) is 4.90 Å². The second-order valence-electron chi connectivity index (χ2n) is 4.60. The highest BCUT2D eigenvalue weighted by molar-refractivity contribution is 5.94. The number of halogens is 5. The molecule has 0 atom stereocenters. The third-order valence-electron chi connectivity index (χ3n) is 2.77. The molecule has 1 amide bonds. The van der Waals surface area contributed by atoms with Gasteiger partial charge in [0.05, 0.1) is 0 Å². The molecule has 0 aliphatic rings. The monoisotopic (exact) mass is 325 g/mol. The van der Waals surface area contributed by atoms with Crippen molar-refractivity contribution in [3.05, 3.63) is 29.8 Å². The minimum atomic E-state index is -4.50. The highest BCUT2D eigenvalue weighted by atomic mass is 19.4. The molecule has 1 aromatic carbocycles. The van der Waals surface area contributed by atoms with E-state index >= 15 is 0 Å². The van der Waals surface area contributed by atoms with Gasteiger partial charge < -0.3 is 9.64 Å². The highest BCUT2D eigenvalue weighted by Crippen LogP contribution is 2.20. The minimum Gasteiger partial charge on any atom is -0.435 e. The standard InChI is InChI=1S/C14H16F5NO2/c1-2-3-8-20(9-14(17,18)19)12(21)10-4-6-11(7-5-10)22-13(15)16/h4-7,13H,2-3,8-9H2,1H3. The van der Waals surface area contributed by atoms with Crippen molar-refractivity contribution < 1.29 is 31.5 Å². The van der Waals surface area contributed by atoms with Crippen LogP contribution in [0.25, 0.3) is 0 Å². The molecular formula is C14H16F5NO2. The van der Waals surface area contributed by atoms with Crippen LogP contribution < -0.4 is 4.74 Å². The number of hydrogen-bond acceptors (Lipinski definition) is 2. The van der Waals surface area contributed by atoms with Gasteiger partial charge in [-0.05, 0) is 30.7 Å². The summed E-state index contributed by atoms with van der Waals surface area (Å²) in [6, 6.07) is 4.56. The quantitative estimate of drug-likeness (QED) is 0.707. The molecule has 1 rings (SSSR count). The van der Waals surface area contributed by atoms with Gasteiger partial charge in [0.2, 0.25) is 0 Å². The Bertz CT molecular complexity index is 473. The van der Waals surface area contributed by atoms with Crippen molar-refractivity contribution >= 4 is 5.91 Å². The Morgan fingerprint density at radius 1 is 1.23 bits per heavy atom. The van der Waals surface area contributed by atoms with Crippen molar-refractivity contribution in [2.45, 2.75) is 32.6 Å². The van der Waals surface area contributed by atoms with E-state index in [1.54, 1.807) is 6.92 Å². The lowest BCUT2D eigenvalue weighted by molar-refractivity contribution is -0.140. The maximum Gasteiger partial charge on any atom is 0.406 e. The molecule has 124 valence electrons.